The van der Waals surface area contributed by atoms with Gasteiger partial charge in [0.15, 0.2) is 0 Å². The molecule has 7 nitrogen and oxygen atoms in total. The third-order valence-corrected chi connectivity index (χ3v) is 5.57. The summed E-state index contributed by atoms with van der Waals surface area (Å²) in [6.07, 6.45) is 3.54. The molecule has 4 heterocycles. The van der Waals surface area contributed by atoms with Gasteiger partial charge in [0, 0.05) is 45.1 Å². The Hall–Kier alpha value is -3.16. The van der Waals surface area contributed by atoms with Gasteiger partial charge in [0.25, 0.3) is 0 Å². The highest BCUT2D eigenvalue weighted by atomic mass is 16.5. The average molecular weight is 406 g/mol. The van der Waals surface area contributed by atoms with Crippen LogP contribution in [0, 0.1) is 6.92 Å². The lowest BCUT2D eigenvalue weighted by Crippen LogP contribution is -2.39. The van der Waals surface area contributed by atoms with E-state index in [1.54, 1.807) is 12.3 Å². The topological polar surface area (TPSA) is 79.1 Å². The van der Waals surface area contributed by atoms with Crippen molar-refractivity contribution in [1.29, 1.82) is 0 Å². The third kappa shape index (κ3) is 3.46. The number of nitrogens with one attached hydrogen (secondary N) is 1. The van der Waals surface area contributed by atoms with Crippen molar-refractivity contribution in [2.24, 2.45) is 0 Å². The first-order valence-corrected chi connectivity index (χ1v) is 9.91. The van der Waals surface area contributed by atoms with Crippen LogP contribution in [-0.2, 0) is 4.74 Å². The van der Waals surface area contributed by atoms with Gasteiger partial charge in [-0.15, -0.1) is 0 Å². The van der Waals surface area contributed by atoms with Gasteiger partial charge in [-0.25, -0.2) is 9.78 Å². The fraction of sp³-hybridized carbons (Fsp3) is 0.304. The highest BCUT2D eigenvalue weighted by Gasteiger charge is 2.25. The number of aromatic carboxylic acids is 1. The monoisotopic (exact) mass is 406 g/mol. The second kappa shape index (κ2) is 7.93. The Labute approximate surface area is 175 Å². The maximum absolute atomic E-state index is 12.0. The standard InChI is InChI=1S/C23H26N4O3/c1-14-18(23(28)29)12-19-17(16-5-7-25-21(11-16)26(3)4)6-9-27(19)22(14)15(2)20-13-24-8-10-30-20/h5-7,9,11-12,20,24H,2,8,10,13H2,1,3-4H3,(H,28,29). The summed E-state index contributed by atoms with van der Waals surface area (Å²) in [5.41, 5.74) is 5.24. The number of nitrogens with zero attached hydrogens (tertiary/aromatic N) is 3. The molecule has 156 valence electrons. The van der Waals surface area contributed by atoms with E-state index in [1.165, 1.54) is 0 Å². The molecule has 0 saturated carbocycles. The van der Waals surface area contributed by atoms with Gasteiger partial charge in [0.2, 0.25) is 0 Å². The summed E-state index contributed by atoms with van der Waals surface area (Å²) in [6, 6.07) is 7.68. The van der Waals surface area contributed by atoms with Crippen LogP contribution in [0.5, 0.6) is 0 Å². The number of rotatable bonds is 5. The second-order valence-corrected chi connectivity index (χ2v) is 7.71. The van der Waals surface area contributed by atoms with Crippen molar-refractivity contribution in [3.63, 3.8) is 0 Å². The van der Waals surface area contributed by atoms with Crippen molar-refractivity contribution in [2.45, 2.75) is 13.0 Å². The fourth-order valence-corrected chi connectivity index (χ4v) is 3.97. The molecule has 30 heavy (non-hydrogen) atoms. The van der Waals surface area contributed by atoms with Crippen LogP contribution in [0.25, 0.3) is 22.2 Å². The molecule has 1 aliphatic rings. The highest BCUT2D eigenvalue weighted by Crippen LogP contribution is 2.34. The lowest BCUT2D eigenvalue weighted by atomic mass is 9.97. The molecule has 0 spiro atoms. The zero-order chi connectivity index (χ0) is 21.4. The van der Waals surface area contributed by atoms with Gasteiger partial charge in [-0.3, -0.25) is 0 Å². The summed E-state index contributed by atoms with van der Waals surface area (Å²) in [5, 5.41) is 13.2. The number of pyridine rings is 2. The normalized spacial score (nSPS) is 16.6. The summed E-state index contributed by atoms with van der Waals surface area (Å²) < 4.78 is 7.92. The molecule has 1 unspecified atom stereocenters. The van der Waals surface area contributed by atoms with Crippen LogP contribution in [0.2, 0.25) is 0 Å². The van der Waals surface area contributed by atoms with E-state index in [0.29, 0.717) is 18.7 Å². The first-order valence-electron chi connectivity index (χ1n) is 9.91. The zero-order valence-corrected chi connectivity index (χ0v) is 17.5. The number of ether oxygens (including phenoxy) is 1. The van der Waals surface area contributed by atoms with E-state index in [2.05, 4.69) is 16.9 Å². The zero-order valence-electron chi connectivity index (χ0n) is 17.5. The number of carboxylic acids is 1. The SMILES string of the molecule is C=C(c1c(C)c(C(=O)O)cc2c(-c3ccnc(N(C)C)c3)ccn12)C1CNCCO1. The van der Waals surface area contributed by atoms with Crippen LogP contribution in [-0.4, -0.2) is 60.4 Å². The maximum Gasteiger partial charge on any atom is 0.336 e. The van der Waals surface area contributed by atoms with E-state index in [9.17, 15) is 9.90 Å². The Morgan fingerprint density at radius 3 is 2.83 bits per heavy atom. The van der Waals surface area contributed by atoms with Crippen LogP contribution < -0.4 is 10.2 Å². The number of carbonyl (C=O) groups is 1. The number of fused-ring (bicyclic) bond motifs is 1. The van der Waals surface area contributed by atoms with Gasteiger partial charge in [0.1, 0.15) is 5.82 Å². The molecule has 1 aliphatic heterocycles. The fourth-order valence-electron chi connectivity index (χ4n) is 3.97. The Bertz CT molecular complexity index is 1130. The predicted molar refractivity (Wildman–Crippen MR) is 118 cm³/mol. The van der Waals surface area contributed by atoms with Crippen LogP contribution in [0.4, 0.5) is 5.82 Å². The lowest BCUT2D eigenvalue weighted by molar-refractivity contribution is 0.0651. The molecule has 0 aliphatic carbocycles. The van der Waals surface area contributed by atoms with E-state index in [1.807, 2.05) is 54.7 Å². The molecule has 2 N–H and O–H groups in total. The molecule has 0 aromatic carbocycles. The quantitative estimate of drug-likeness (QED) is 0.678. The maximum atomic E-state index is 12.0. The molecule has 1 atom stereocenters. The summed E-state index contributed by atoms with van der Waals surface area (Å²) >= 11 is 0. The van der Waals surface area contributed by atoms with E-state index in [4.69, 9.17) is 4.74 Å². The van der Waals surface area contributed by atoms with Crippen molar-refractivity contribution in [1.82, 2.24) is 14.7 Å². The molecular weight excluding hydrogens is 380 g/mol. The Morgan fingerprint density at radius 2 is 2.17 bits per heavy atom. The number of anilines is 1. The molecule has 4 rings (SSSR count). The number of hydrogen-bond donors (Lipinski definition) is 2. The van der Waals surface area contributed by atoms with E-state index < -0.39 is 5.97 Å². The molecule has 0 radical (unpaired) electrons. The van der Waals surface area contributed by atoms with Gasteiger partial charge in [-0.2, -0.15) is 0 Å². The summed E-state index contributed by atoms with van der Waals surface area (Å²) in [4.78, 5) is 18.4. The van der Waals surface area contributed by atoms with Crippen LogP contribution in [0.3, 0.4) is 0 Å². The minimum Gasteiger partial charge on any atom is -0.478 e. The van der Waals surface area contributed by atoms with Crippen molar-refractivity contribution >= 4 is 22.9 Å². The van der Waals surface area contributed by atoms with Gasteiger partial charge < -0.3 is 24.5 Å². The average Bonchev–Trinajstić information content (AvgIpc) is 3.17. The summed E-state index contributed by atoms with van der Waals surface area (Å²) in [7, 11) is 3.88. The van der Waals surface area contributed by atoms with Gasteiger partial charge >= 0.3 is 5.97 Å². The Morgan fingerprint density at radius 1 is 1.37 bits per heavy atom. The van der Waals surface area contributed by atoms with Gasteiger partial charge in [-0.1, -0.05) is 6.58 Å². The number of morpholine rings is 1. The number of carboxylic acid groups (broad SMARTS) is 1. The molecule has 0 bridgehead atoms. The Kier molecular flexibility index (Phi) is 5.32. The summed E-state index contributed by atoms with van der Waals surface area (Å²) in [6.45, 7) is 8.17. The third-order valence-electron chi connectivity index (χ3n) is 5.57. The van der Waals surface area contributed by atoms with Crippen LogP contribution >= 0.6 is 0 Å². The highest BCUT2D eigenvalue weighted by molar-refractivity contribution is 5.95. The van der Waals surface area contributed by atoms with E-state index in [0.717, 1.165) is 40.3 Å². The molecule has 1 fully saturated rings. The first kappa shape index (κ1) is 20.1. The van der Waals surface area contributed by atoms with Crippen LogP contribution in [0.1, 0.15) is 21.6 Å². The molecular formula is C23H26N4O3. The number of aromatic nitrogens is 2. The minimum absolute atomic E-state index is 0.197. The smallest absolute Gasteiger partial charge is 0.336 e. The lowest BCUT2D eigenvalue weighted by Gasteiger charge is -2.27. The molecule has 0 amide bonds. The largest absolute Gasteiger partial charge is 0.478 e. The Balaban J connectivity index is 1.92. The minimum atomic E-state index is -0.956. The van der Waals surface area contributed by atoms with Crippen molar-refractivity contribution in [2.75, 3.05) is 38.7 Å². The molecule has 7 heteroatoms. The van der Waals surface area contributed by atoms with Gasteiger partial charge in [-0.05, 0) is 47.9 Å². The molecule has 1 saturated heterocycles. The van der Waals surface area contributed by atoms with Gasteiger partial charge in [0.05, 0.1) is 29.5 Å². The van der Waals surface area contributed by atoms with Crippen molar-refractivity contribution in [3.05, 3.63) is 60.1 Å². The molecule has 3 aromatic rings. The molecule has 3 aromatic heterocycles. The summed E-state index contributed by atoms with van der Waals surface area (Å²) in [5.74, 6) is -0.119. The van der Waals surface area contributed by atoms with E-state index >= 15 is 0 Å². The van der Waals surface area contributed by atoms with Crippen molar-refractivity contribution in [3.8, 4) is 11.1 Å². The predicted octanol–water partition coefficient (Wildman–Crippen LogP) is 3.08. The van der Waals surface area contributed by atoms with E-state index in [-0.39, 0.29) is 11.7 Å². The second-order valence-electron chi connectivity index (χ2n) is 7.71. The first-order chi connectivity index (χ1) is 14.4. The van der Waals surface area contributed by atoms with Crippen LogP contribution in [0.15, 0.2) is 43.2 Å². The number of hydrogen-bond acceptors (Lipinski definition) is 5. The van der Waals surface area contributed by atoms with Crippen molar-refractivity contribution < 1.29 is 14.6 Å².